The summed E-state index contributed by atoms with van der Waals surface area (Å²) in [6.07, 6.45) is 0.825. The van der Waals surface area contributed by atoms with E-state index in [1.54, 1.807) is 31.3 Å². The van der Waals surface area contributed by atoms with Gasteiger partial charge in [0.2, 0.25) is 0 Å². The normalized spacial score (nSPS) is 22.3. The van der Waals surface area contributed by atoms with E-state index >= 15 is 0 Å². The number of aromatic nitrogens is 3. The molecule has 1 aliphatic heterocycles. The molecule has 0 bridgehead atoms. The molecule has 5 rings (SSSR count). The lowest BCUT2D eigenvalue weighted by molar-refractivity contribution is 0.134. The zero-order valence-corrected chi connectivity index (χ0v) is 22.3. The molecule has 1 saturated heterocycles. The van der Waals surface area contributed by atoms with Crippen molar-refractivity contribution in [2.45, 2.75) is 51.4 Å². The molecular formula is C27H30ClFN6O3. The third-order valence-electron chi connectivity index (χ3n) is 7.73. The highest BCUT2D eigenvalue weighted by molar-refractivity contribution is 6.33. The van der Waals surface area contributed by atoms with Crippen molar-refractivity contribution in [3.8, 4) is 6.07 Å². The fraction of sp³-hybridized carbons (Fsp3) is 0.481. The maximum Gasteiger partial charge on any atom is 0.316 e. The van der Waals surface area contributed by atoms with Crippen molar-refractivity contribution in [2.24, 2.45) is 18.9 Å². The average molecular weight is 541 g/mol. The Hall–Kier alpha value is -3.42. The van der Waals surface area contributed by atoms with E-state index in [0.29, 0.717) is 66.3 Å². The average Bonchev–Trinajstić information content (AvgIpc) is 3.63. The first kappa shape index (κ1) is 26.2. The quantitative estimate of drug-likeness (QED) is 0.458. The predicted octanol–water partition coefficient (Wildman–Crippen LogP) is 3.71. The first-order valence-corrected chi connectivity index (χ1v) is 13.1. The van der Waals surface area contributed by atoms with Crippen LogP contribution in [-0.4, -0.2) is 44.1 Å². The standard InChI is InChI=1S/C27H30ClFN6O3/c1-15-13-34(14-16(2)22(15)29)24-17(12-30)10-19(28)23(32-24)31-18-4-5-20-21(11-18)35(9-8-27(38)6-7-27)26(37)25(36)33(20)3/h4-5,10-11,15-16,22,38H,6-9,13-14H2,1-3H3,(H,31,32)/t15-,16+,22-. The second-order valence-corrected chi connectivity index (χ2v) is 11.1. The Balaban J connectivity index is 1.53. The van der Waals surface area contributed by atoms with Gasteiger partial charge in [-0.1, -0.05) is 25.4 Å². The number of nitriles is 1. The molecule has 1 saturated carbocycles. The monoisotopic (exact) mass is 540 g/mol. The van der Waals surface area contributed by atoms with E-state index in [9.17, 15) is 24.3 Å². The van der Waals surface area contributed by atoms with Gasteiger partial charge >= 0.3 is 11.1 Å². The van der Waals surface area contributed by atoms with Gasteiger partial charge in [0.1, 0.15) is 18.1 Å². The van der Waals surface area contributed by atoms with E-state index in [4.69, 9.17) is 11.6 Å². The number of alkyl halides is 1. The Morgan fingerprint density at radius 2 is 1.87 bits per heavy atom. The SMILES string of the molecule is C[C@@H]1CN(c2nc(Nc3ccc4c(c3)n(CCC3(O)CC3)c(=O)c(=O)n4C)c(Cl)cc2C#N)C[C@H](C)[C@@H]1F. The first-order chi connectivity index (χ1) is 18.0. The van der Waals surface area contributed by atoms with Crippen molar-refractivity contribution in [3.05, 3.63) is 55.6 Å². The topological polar surface area (TPSA) is 116 Å². The third-order valence-corrected chi connectivity index (χ3v) is 8.02. The number of aliphatic hydroxyl groups is 1. The number of nitrogens with one attached hydrogen (secondary N) is 1. The van der Waals surface area contributed by atoms with Gasteiger partial charge in [-0.15, -0.1) is 0 Å². The van der Waals surface area contributed by atoms with E-state index in [2.05, 4.69) is 16.4 Å². The summed E-state index contributed by atoms with van der Waals surface area (Å²) in [6, 6.07) is 8.91. The molecule has 1 aromatic carbocycles. The Labute approximate surface area is 224 Å². The fourth-order valence-corrected chi connectivity index (χ4v) is 5.45. The molecule has 0 amide bonds. The molecule has 9 nitrogen and oxygen atoms in total. The number of fused-ring (bicyclic) bond motifs is 1. The second-order valence-electron chi connectivity index (χ2n) is 10.7. The molecular weight excluding hydrogens is 511 g/mol. The number of benzene rings is 1. The van der Waals surface area contributed by atoms with Gasteiger partial charge in [0.25, 0.3) is 0 Å². The van der Waals surface area contributed by atoms with Gasteiger partial charge in [-0.25, -0.2) is 9.37 Å². The van der Waals surface area contributed by atoms with Gasteiger partial charge in [-0.2, -0.15) is 5.26 Å². The number of anilines is 3. The highest BCUT2D eigenvalue weighted by Crippen LogP contribution is 2.39. The van der Waals surface area contributed by atoms with Crippen LogP contribution >= 0.6 is 11.6 Å². The number of hydrogen-bond acceptors (Lipinski definition) is 7. The molecule has 11 heteroatoms. The number of aryl methyl sites for hydroxylation is 2. The molecule has 1 aliphatic carbocycles. The predicted molar refractivity (Wildman–Crippen MR) is 145 cm³/mol. The molecule has 3 heterocycles. The zero-order chi connectivity index (χ0) is 27.4. The molecule has 38 heavy (non-hydrogen) atoms. The smallest absolute Gasteiger partial charge is 0.316 e. The van der Waals surface area contributed by atoms with Crippen LogP contribution in [0.5, 0.6) is 0 Å². The molecule has 0 unspecified atom stereocenters. The van der Waals surface area contributed by atoms with Crippen LogP contribution in [0.25, 0.3) is 11.0 Å². The number of pyridine rings is 1. The zero-order valence-electron chi connectivity index (χ0n) is 21.5. The van der Waals surface area contributed by atoms with Crippen molar-refractivity contribution in [1.82, 2.24) is 14.1 Å². The molecule has 2 N–H and O–H groups in total. The van der Waals surface area contributed by atoms with Crippen LogP contribution in [0.4, 0.5) is 21.7 Å². The van der Waals surface area contributed by atoms with Crippen molar-refractivity contribution in [3.63, 3.8) is 0 Å². The lowest BCUT2D eigenvalue weighted by atomic mass is 9.89. The summed E-state index contributed by atoms with van der Waals surface area (Å²) in [5.41, 5.74) is -0.0875. The molecule has 2 fully saturated rings. The van der Waals surface area contributed by atoms with Gasteiger partial charge in [0, 0.05) is 44.2 Å². The van der Waals surface area contributed by atoms with E-state index in [0.717, 1.165) is 0 Å². The third kappa shape index (κ3) is 4.76. The van der Waals surface area contributed by atoms with Gasteiger partial charge in [0.15, 0.2) is 5.82 Å². The van der Waals surface area contributed by atoms with Crippen LogP contribution < -0.4 is 21.3 Å². The van der Waals surface area contributed by atoms with Crippen molar-refractivity contribution in [2.75, 3.05) is 23.3 Å². The summed E-state index contributed by atoms with van der Waals surface area (Å²) in [6.45, 7) is 4.76. The number of hydrogen-bond donors (Lipinski definition) is 2. The van der Waals surface area contributed by atoms with E-state index in [1.807, 2.05) is 18.7 Å². The van der Waals surface area contributed by atoms with Crippen molar-refractivity contribution in [1.29, 1.82) is 5.26 Å². The summed E-state index contributed by atoms with van der Waals surface area (Å²) in [4.78, 5) is 32.0. The van der Waals surface area contributed by atoms with Gasteiger partial charge in [-0.05, 0) is 43.5 Å². The van der Waals surface area contributed by atoms with Crippen molar-refractivity contribution < 1.29 is 9.50 Å². The summed E-state index contributed by atoms with van der Waals surface area (Å²) < 4.78 is 17.1. The van der Waals surface area contributed by atoms with Crippen molar-refractivity contribution >= 4 is 40.0 Å². The Kier molecular flexibility index (Phi) is 6.70. The highest BCUT2D eigenvalue weighted by atomic mass is 35.5. The molecule has 0 spiro atoms. The molecule has 3 aromatic rings. The second kappa shape index (κ2) is 9.71. The molecule has 3 atom stereocenters. The summed E-state index contributed by atoms with van der Waals surface area (Å²) in [5.74, 6) is 0.324. The summed E-state index contributed by atoms with van der Waals surface area (Å²) >= 11 is 6.49. The van der Waals surface area contributed by atoms with Gasteiger partial charge in [-0.3, -0.25) is 9.59 Å². The largest absolute Gasteiger partial charge is 0.390 e. The minimum absolute atomic E-state index is 0.211. The maximum atomic E-state index is 14.4. The number of halogens is 2. The fourth-order valence-electron chi connectivity index (χ4n) is 5.25. The summed E-state index contributed by atoms with van der Waals surface area (Å²) in [5, 5.41) is 23.4. The number of piperidine rings is 1. The minimum atomic E-state index is -0.923. The summed E-state index contributed by atoms with van der Waals surface area (Å²) in [7, 11) is 1.55. The molecule has 200 valence electrons. The Morgan fingerprint density at radius 3 is 2.50 bits per heavy atom. The van der Waals surface area contributed by atoms with Crippen LogP contribution in [0.1, 0.15) is 38.7 Å². The lowest BCUT2D eigenvalue weighted by Gasteiger charge is -2.38. The molecule has 2 aromatic heterocycles. The number of nitrogens with zero attached hydrogens (tertiary/aromatic N) is 5. The van der Waals surface area contributed by atoms with Gasteiger partial charge < -0.3 is 24.5 Å². The van der Waals surface area contributed by atoms with Crippen LogP contribution in [-0.2, 0) is 13.6 Å². The number of rotatable bonds is 6. The van der Waals surface area contributed by atoms with Crippen LogP contribution in [0.2, 0.25) is 5.02 Å². The van der Waals surface area contributed by atoms with Crippen LogP contribution in [0, 0.1) is 23.2 Å². The molecule has 2 aliphatic rings. The first-order valence-electron chi connectivity index (χ1n) is 12.7. The maximum absolute atomic E-state index is 14.4. The van der Waals surface area contributed by atoms with Crippen LogP contribution in [0.15, 0.2) is 33.9 Å². The Morgan fingerprint density at radius 1 is 1.18 bits per heavy atom. The minimum Gasteiger partial charge on any atom is -0.390 e. The van der Waals surface area contributed by atoms with E-state index in [-0.39, 0.29) is 23.4 Å². The van der Waals surface area contributed by atoms with Crippen LogP contribution in [0.3, 0.4) is 0 Å². The van der Waals surface area contributed by atoms with E-state index in [1.165, 1.54) is 9.13 Å². The highest BCUT2D eigenvalue weighted by Gasteiger charge is 2.40. The molecule has 0 radical (unpaired) electrons. The lowest BCUT2D eigenvalue weighted by Crippen LogP contribution is -2.46. The van der Waals surface area contributed by atoms with Gasteiger partial charge in [0.05, 0.1) is 27.2 Å². The van der Waals surface area contributed by atoms with E-state index < -0.39 is 22.9 Å². The Bertz CT molecular complexity index is 1560.